The van der Waals surface area contributed by atoms with Gasteiger partial charge in [-0.25, -0.2) is 9.97 Å². The molecule has 0 spiro atoms. The number of carbonyl (C=O) groups is 2. The predicted octanol–water partition coefficient (Wildman–Crippen LogP) is 5.16. The van der Waals surface area contributed by atoms with E-state index in [-0.39, 0.29) is 12.4 Å². The number of hydrogen-bond donors (Lipinski definition) is 1. The molecule has 1 N–H and O–H groups in total. The van der Waals surface area contributed by atoms with Crippen LogP contribution in [0.4, 0.5) is 5.82 Å². The van der Waals surface area contributed by atoms with Crippen molar-refractivity contribution in [2.75, 3.05) is 12.5 Å². The quantitative estimate of drug-likeness (QED) is 0.394. The SMILES string of the molecule is COc1ccc(-c2nc(NN3C(=O)C=C(C)C3=O)c3c(-c4cccs4)csc3n2)cc1.Cl. The molecular weight excluding hydrogens is 468 g/mol. The van der Waals surface area contributed by atoms with Crippen molar-refractivity contribution in [2.45, 2.75) is 6.92 Å². The molecule has 32 heavy (non-hydrogen) atoms. The number of carbonyl (C=O) groups excluding carboxylic acids is 2. The molecular formula is C22H17ClN4O3S2. The third-order valence-electron chi connectivity index (χ3n) is 4.89. The molecule has 0 atom stereocenters. The van der Waals surface area contributed by atoms with Gasteiger partial charge in [0.05, 0.1) is 12.5 Å². The van der Waals surface area contributed by atoms with Crippen LogP contribution in [-0.4, -0.2) is 33.9 Å². The Kier molecular flexibility index (Phi) is 5.96. The topological polar surface area (TPSA) is 84.4 Å². The number of amides is 2. The minimum atomic E-state index is -0.423. The predicted molar refractivity (Wildman–Crippen MR) is 129 cm³/mol. The van der Waals surface area contributed by atoms with Gasteiger partial charge in [-0.1, -0.05) is 6.07 Å². The molecule has 162 valence electrons. The van der Waals surface area contributed by atoms with Gasteiger partial charge in [0.15, 0.2) is 11.6 Å². The van der Waals surface area contributed by atoms with Gasteiger partial charge in [-0.2, -0.15) is 5.01 Å². The molecule has 5 rings (SSSR count). The van der Waals surface area contributed by atoms with Gasteiger partial charge in [0.25, 0.3) is 11.8 Å². The maximum Gasteiger partial charge on any atom is 0.275 e. The maximum atomic E-state index is 12.5. The first kappa shape index (κ1) is 21.9. The molecule has 1 aliphatic rings. The summed E-state index contributed by atoms with van der Waals surface area (Å²) in [6.07, 6.45) is 1.31. The Hall–Kier alpha value is -3.27. The van der Waals surface area contributed by atoms with Crippen molar-refractivity contribution >= 4 is 62.9 Å². The molecule has 1 aromatic carbocycles. The van der Waals surface area contributed by atoms with Crippen LogP contribution < -0.4 is 10.2 Å². The van der Waals surface area contributed by atoms with Gasteiger partial charge in [0, 0.05) is 33.0 Å². The van der Waals surface area contributed by atoms with Crippen LogP contribution >= 0.6 is 35.1 Å². The zero-order chi connectivity index (χ0) is 21.5. The molecule has 4 aromatic rings. The van der Waals surface area contributed by atoms with Crippen molar-refractivity contribution < 1.29 is 14.3 Å². The number of ether oxygens (including phenoxy) is 1. The number of aromatic nitrogens is 2. The lowest BCUT2D eigenvalue weighted by Crippen LogP contribution is -2.36. The number of hydrogen-bond acceptors (Lipinski definition) is 8. The van der Waals surface area contributed by atoms with Crippen LogP contribution in [-0.2, 0) is 9.59 Å². The van der Waals surface area contributed by atoms with E-state index in [1.165, 1.54) is 17.4 Å². The summed E-state index contributed by atoms with van der Waals surface area (Å²) in [5, 5.41) is 5.78. The second-order valence-corrected chi connectivity index (χ2v) is 8.65. The number of benzene rings is 1. The van der Waals surface area contributed by atoms with Crippen molar-refractivity contribution in [1.82, 2.24) is 15.0 Å². The number of nitrogens with one attached hydrogen (secondary N) is 1. The monoisotopic (exact) mass is 484 g/mol. The van der Waals surface area contributed by atoms with Gasteiger partial charge in [-0.15, -0.1) is 35.1 Å². The lowest BCUT2D eigenvalue weighted by molar-refractivity contribution is -0.135. The van der Waals surface area contributed by atoms with Crippen LogP contribution in [0.5, 0.6) is 5.75 Å². The minimum absolute atomic E-state index is 0. The normalized spacial score (nSPS) is 13.3. The van der Waals surface area contributed by atoms with E-state index in [1.807, 2.05) is 47.2 Å². The zero-order valence-electron chi connectivity index (χ0n) is 17.0. The smallest absolute Gasteiger partial charge is 0.275 e. The number of thiophene rings is 2. The molecule has 10 heteroatoms. The lowest BCUT2D eigenvalue weighted by atomic mass is 10.1. The Balaban J connectivity index is 0.00000245. The Morgan fingerprint density at radius 1 is 1.06 bits per heavy atom. The number of nitrogens with zero attached hydrogens (tertiary/aromatic N) is 3. The summed E-state index contributed by atoms with van der Waals surface area (Å²) >= 11 is 3.10. The molecule has 3 aromatic heterocycles. The average Bonchev–Trinajstić information content (AvgIpc) is 3.50. The summed E-state index contributed by atoms with van der Waals surface area (Å²) in [4.78, 5) is 36.1. The first-order chi connectivity index (χ1) is 15.0. The molecule has 0 saturated heterocycles. The summed E-state index contributed by atoms with van der Waals surface area (Å²) in [7, 11) is 1.61. The molecule has 0 bridgehead atoms. The molecule has 0 saturated carbocycles. The van der Waals surface area contributed by atoms with Gasteiger partial charge in [-0.3, -0.25) is 15.0 Å². The summed E-state index contributed by atoms with van der Waals surface area (Å²) in [6.45, 7) is 1.61. The zero-order valence-corrected chi connectivity index (χ0v) is 19.4. The second kappa shape index (κ2) is 8.70. The largest absolute Gasteiger partial charge is 0.497 e. The van der Waals surface area contributed by atoms with E-state index >= 15 is 0 Å². The van der Waals surface area contributed by atoms with Crippen LogP contribution in [0.1, 0.15) is 6.92 Å². The Bertz CT molecular complexity index is 1350. The standard InChI is InChI=1S/C22H16N4O3S2.ClH/c1-12-10-17(27)26(22(12)28)25-20-18-15(16-4-3-9-30-16)11-31-21(18)24-19(23-20)13-5-7-14(29-2)8-6-13;/h3-11H,1-2H3,(H,23,24,25);1H. The molecule has 0 fully saturated rings. The Morgan fingerprint density at radius 3 is 2.47 bits per heavy atom. The molecule has 4 heterocycles. The van der Waals surface area contributed by atoms with Crippen molar-refractivity contribution in [3.63, 3.8) is 0 Å². The highest BCUT2D eigenvalue weighted by molar-refractivity contribution is 7.18. The fraction of sp³-hybridized carbons (Fsp3) is 0.0909. The van der Waals surface area contributed by atoms with Crippen LogP contribution in [0.25, 0.3) is 32.0 Å². The highest BCUT2D eigenvalue weighted by Gasteiger charge is 2.30. The molecule has 0 unspecified atom stereocenters. The molecule has 1 aliphatic heterocycles. The maximum absolute atomic E-state index is 12.5. The van der Waals surface area contributed by atoms with Gasteiger partial charge in [0.2, 0.25) is 0 Å². The van der Waals surface area contributed by atoms with E-state index in [2.05, 4.69) is 5.43 Å². The van der Waals surface area contributed by atoms with E-state index in [0.29, 0.717) is 17.2 Å². The summed E-state index contributed by atoms with van der Waals surface area (Å²) < 4.78 is 5.23. The van der Waals surface area contributed by atoms with E-state index in [1.54, 1.807) is 25.4 Å². The molecule has 0 aliphatic carbocycles. The Morgan fingerprint density at radius 2 is 1.84 bits per heavy atom. The van der Waals surface area contributed by atoms with Crippen LogP contribution in [0.3, 0.4) is 0 Å². The van der Waals surface area contributed by atoms with Crippen LogP contribution in [0.15, 0.2) is 58.8 Å². The Labute approximate surface area is 197 Å². The van der Waals surface area contributed by atoms with Gasteiger partial charge < -0.3 is 4.74 Å². The van der Waals surface area contributed by atoms with Crippen molar-refractivity contribution in [1.29, 1.82) is 0 Å². The van der Waals surface area contributed by atoms with Gasteiger partial charge >= 0.3 is 0 Å². The van der Waals surface area contributed by atoms with Gasteiger partial charge in [-0.05, 0) is 42.6 Å². The molecule has 2 amide bonds. The van der Waals surface area contributed by atoms with E-state index in [0.717, 1.165) is 37.0 Å². The van der Waals surface area contributed by atoms with Crippen LogP contribution in [0, 0.1) is 0 Å². The number of halogens is 1. The fourth-order valence-electron chi connectivity index (χ4n) is 3.30. The van der Waals surface area contributed by atoms with E-state index in [9.17, 15) is 9.59 Å². The number of methoxy groups -OCH3 is 1. The number of fused-ring (bicyclic) bond motifs is 1. The average molecular weight is 485 g/mol. The van der Waals surface area contributed by atoms with Crippen LogP contribution in [0.2, 0.25) is 0 Å². The minimum Gasteiger partial charge on any atom is -0.497 e. The number of rotatable bonds is 5. The number of imide groups is 1. The first-order valence-corrected chi connectivity index (χ1v) is 11.1. The van der Waals surface area contributed by atoms with E-state index < -0.39 is 11.8 Å². The fourth-order valence-corrected chi connectivity index (χ4v) is 5.07. The lowest BCUT2D eigenvalue weighted by Gasteiger charge is -2.18. The highest BCUT2D eigenvalue weighted by Crippen LogP contribution is 2.40. The summed E-state index contributed by atoms with van der Waals surface area (Å²) in [5.41, 5.74) is 5.09. The van der Waals surface area contributed by atoms with Crippen molar-refractivity contribution in [3.05, 3.63) is 58.8 Å². The highest BCUT2D eigenvalue weighted by atomic mass is 35.5. The van der Waals surface area contributed by atoms with Crippen molar-refractivity contribution in [2.24, 2.45) is 0 Å². The first-order valence-electron chi connectivity index (χ1n) is 9.36. The number of hydrazine groups is 1. The summed E-state index contributed by atoms with van der Waals surface area (Å²) in [5.74, 6) is 0.809. The van der Waals surface area contributed by atoms with Crippen molar-refractivity contribution in [3.8, 4) is 27.6 Å². The molecule has 0 radical (unpaired) electrons. The third kappa shape index (κ3) is 3.75. The summed E-state index contributed by atoms with van der Waals surface area (Å²) in [6, 6.07) is 11.4. The number of anilines is 1. The van der Waals surface area contributed by atoms with Gasteiger partial charge in [0.1, 0.15) is 10.6 Å². The second-order valence-electron chi connectivity index (χ2n) is 6.85. The molecule has 7 nitrogen and oxygen atoms in total. The third-order valence-corrected chi connectivity index (χ3v) is 6.66. The van der Waals surface area contributed by atoms with E-state index in [4.69, 9.17) is 14.7 Å².